The summed E-state index contributed by atoms with van der Waals surface area (Å²) in [7, 11) is 0. The molecule has 1 N–H and O–H groups in total. The van der Waals surface area contributed by atoms with E-state index in [0.29, 0.717) is 23.7 Å². The van der Waals surface area contributed by atoms with Gasteiger partial charge in [0.1, 0.15) is 5.69 Å². The third kappa shape index (κ3) is 2.03. The van der Waals surface area contributed by atoms with Crippen LogP contribution in [0.3, 0.4) is 0 Å². The maximum Gasteiger partial charge on any atom is 0.272 e. The molecular weight excluding hydrogens is 288 g/mol. The van der Waals surface area contributed by atoms with Crippen LogP contribution in [-0.2, 0) is 0 Å². The molecule has 0 saturated carbocycles. The Morgan fingerprint density at radius 2 is 2.09 bits per heavy atom. The van der Waals surface area contributed by atoms with E-state index < -0.39 is 0 Å². The number of H-pyrrole nitrogens is 1. The molecule has 3 saturated heterocycles. The molecule has 23 heavy (non-hydrogen) atoms. The van der Waals surface area contributed by atoms with E-state index in [9.17, 15) is 4.79 Å². The minimum atomic E-state index is 0.124. The molecule has 5 rings (SSSR count). The van der Waals surface area contributed by atoms with Crippen molar-refractivity contribution in [1.29, 1.82) is 0 Å². The van der Waals surface area contributed by atoms with Crippen molar-refractivity contribution in [2.45, 2.75) is 24.9 Å². The number of carbonyl (C=O) groups is 1. The van der Waals surface area contributed by atoms with Crippen LogP contribution in [0.1, 0.15) is 23.3 Å². The number of hydrogen-bond donors (Lipinski definition) is 1. The van der Waals surface area contributed by atoms with Gasteiger partial charge in [-0.25, -0.2) is 0 Å². The van der Waals surface area contributed by atoms with Crippen LogP contribution in [0.4, 0.5) is 0 Å². The number of piperazine rings is 1. The number of rotatable bonds is 2. The Kier molecular flexibility index (Phi) is 2.85. The fraction of sp³-hybridized carbons (Fsp3) is 0.444. The first-order valence-corrected chi connectivity index (χ1v) is 8.45. The zero-order valence-electron chi connectivity index (χ0n) is 13.0. The van der Waals surface area contributed by atoms with Crippen molar-refractivity contribution in [1.82, 2.24) is 20.0 Å². The van der Waals surface area contributed by atoms with Crippen LogP contribution in [0.2, 0.25) is 0 Å². The highest BCUT2D eigenvalue weighted by Crippen LogP contribution is 2.41. The average molecular weight is 308 g/mol. The molecular formula is C18H20N4O. The number of aromatic nitrogens is 2. The first kappa shape index (κ1) is 13.3. The van der Waals surface area contributed by atoms with Crippen LogP contribution in [0.15, 0.2) is 36.4 Å². The van der Waals surface area contributed by atoms with Crippen molar-refractivity contribution in [2.75, 3.05) is 19.6 Å². The number of aromatic amines is 1. The van der Waals surface area contributed by atoms with Crippen molar-refractivity contribution in [3.8, 4) is 11.3 Å². The lowest BCUT2D eigenvalue weighted by Gasteiger charge is -2.44. The van der Waals surface area contributed by atoms with Crippen molar-refractivity contribution in [2.24, 2.45) is 5.92 Å². The van der Waals surface area contributed by atoms with Gasteiger partial charge in [-0.1, -0.05) is 30.3 Å². The van der Waals surface area contributed by atoms with Crippen LogP contribution < -0.4 is 0 Å². The number of piperidine rings is 1. The van der Waals surface area contributed by atoms with Crippen LogP contribution in [-0.4, -0.2) is 57.6 Å². The molecule has 3 aliphatic heterocycles. The molecule has 3 fully saturated rings. The summed E-state index contributed by atoms with van der Waals surface area (Å²) in [5.74, 6) is 0.818. The third-order valence-electron chi connectivity index (χ3n) is 5.71. The number of nitrogens with zero attached hydrogens (tertiary/aromatic N) is 3. The number of hydrogen-bond acceptors (Lipinski definition) is 3. The molecule has 1 amide bonds. The minimum Gasteiger partial charge on any atom is -0.328 e. The third-order valence-corrected chi connectivity index (χ3v) is 5.71. The van der Waals surface area contributed by atoms with Gasteiger partial charge in [-0.2, -0.15) is 5.10 Å². The molecule has 1 aromatic carbocycles. The SMILES string of the molecule is O=C(c1cc(-c2ccccc2)n[nH]1)N1[C@@H]2C[C@H]3CCN(C2)C[C@H]31. The van der Waals surface area contributed by atoms with Gasteiger partial charge in [-0.15, -0.1) is 0 Å². The second-order valence-electron chi connectivity index (χ2n) is 7.01. The number of amides is 1. The topological polar surface area (TPSA) is 52.2 Å². The number of fused-ring (bicyclic) bond motifs is 2. The normalized spacial score (nSPS) is 31.6. The van der Waals surface area contributed by atoms with Crippen molar-refractivity contribution < 1.29 is 4.79 Å². The number of benzene rings is 1. The van der Waals surface area contributed by atoms with Crippen LogP contribution in [0.25, 0.3) is 11.3 Å². The van der Waals surface area contributed by atoms with Gasteiger partial charge >= 0.3 is 0 Å². The molecule has 3 aliphatic rings. The van der Waals surface area contributed by atoms with Crippen molar-refractivity contribution in [3.63, 3.8) is 0 Å². The second kappa shape index (κ2) is 4.93. The lowest BCUT2D eigenvalue weighted by molar-refractivity contribution is 0.0257. The van der Waals surface area contributed by atoms with Crippen LogP contribution in [0, 0.1) is 5.92 Å². The largest absolute Gasteiger partial charge is 0.328 e. The summed E-state index contributed by atoms with van der Waals surface area (Å²) in [6.07, 6.45) is 2.41. The molecule has 118 valence electrons. The van der Waals surface area contributed by atoms with E-state index in [1.165, 1.54) is 19.4 Å². The summed E-state index contributed by atoms with van der Waals surface area (Å²) >= 11 is 0. The van der Waals surface area contributed by atoms with Gasteiger partial charge in [0.15, 0.2) is 0 Å². The highest BCUT2D eigenvalue weighted by Gasteiger charge is 2.50. The Morgan fingerprint density at radius 3 is 2.96 bits per heavy atom. The first-order valence-electron chi connectivity index (χ1n) is 8.45. The van der Waals surface area contributed by atoms with E-state index in [-0.39, 0.29) is 5.91 Å². The highest BCUT2D eigenvalue weighted by molar-refractivity contribution is 5.94. The monoisotopic (exact) mass is 308 g/mol. The van der Waals surface area contributed by atoms with Gasteiger partial charge in [0.25, 0.3) is 5.91 Å². The molecule has 1 aromatic heterocycles. The fourth-order valence-corrected chi connectivity index (χ4v) is 4.64. The number of carbonyl (C=O) groups excluding carboxylic acids is 1. The maximum atomic E-state index is 13.0. The second-order valence-corrected chi connectivity index (χ2v) is 7.01. The average Bonchev–Trinajstić information content (AvgIpc) is 3.10. The summed E-state index contributed by atoms with van der Waals surface area (Å²) in [4.78, 5) is 17.7. The van der Waals surface area contributed by atoms with Crippen molar-refractivity contribution in [3.05, 3.63) is 42.1 Å². The molecule has 3 bridgehead atoms. The van der Waals surface area contributed by atoms with E-state index in [1.54, 1.807) is 0 Å². The summed E-state index contributed by atoms with van der Waals surface area (Å²) in [6, 6.07) is 12.7. The Bertz CT molecular complexity index is 736. The summed E-state index contributed by atoms with van der Waals surface area (Å²) < 4.78 is 0. The predicted molar refractivity (Wildman–Crippen MR) is 86.9 cm³/mol. The Balaban J connectivity index is 1.43. The molecule has 1 unspecified atom stereocenters. The molecule has 5 nitrogen and oxygen atoms in total. The molecule has 4 atom stereocenters. The number of nitrogens with one attached hydrogen (secondary N) is 1. The lowest BCUT2D eigenvalue weighted by Crippen LogP contribution is -2.58. The molecule has 0 spiro atoms. The summed E-state index contributed by atoms with van der Waals surface area (Å²) in [5, 5.41) is 7.30. The minimum absolute atomic E-state index is 0.124. The van der Waals surface area contributed by atoms with Gasteiger partial charge in [0.2, 0.25) is 0 Å². The van der Waals surface area contributed by atoms with E-state index in [1.807, 2.05) is 36.4 Å². The van der Waals surface area contributed by atoms with Crippen LogP contribution >= 0.6 is 0 Å². The molecule has 5 heteroatoms. The zero-order valence-corrected chi connectivity index (χ0v) is 13.0. The van der Waals surface area contributed by atoms with E-state index in [2.05, 4.69) is 20.0 Å². The van der Waals surface area contributed by atoms with Gasteiger partial charge in [-0.05, 0) is 31.4 Å². The quantitative estimate of drug-likeness (QED) is 0.923. The molecule has 2 aromatic rings. The smallest absolute Gasteiger partial charge is 0.272 e. The van der Waals surface area contributed by atoms with Gasteiger partial charge < -0.3 is 4.90 Å². The molecule has 0 aliphatic carbocycles. The zero-order chi connectivity index (χ0) is 15.4. The standard InChI is InChI=1S/C18H20N4O/c23-18(16-9-15(19-20-16)12-4-2-1-3-5-12)22-14-8-13-6-7-21(10-14)11-17(13)22/h1-5,9,13-14,17H,6-8,10-11H2,(H,19,20)/t13-,14-,17-/m1/s1. The van der Waals surface area contributed by atoms with Gasteiger partial charge in [0.05, 0.1) is 5.69 Å². The maximum absolute atomic E-state index is 13.0. The van der Waals surface area contributed by atoms with E-state index >= 15 is 0 Å². The Hall–Kier alpha value is -2.14. The molecule has 4 heterocycles. The van der Waals surface area contributed by atoms with Gasteiger partial charge in [-0.3, -0.25) is 14.8 Å². The van der Waals surface area contributed by atoms with Gasteiger partial charge in [0, 0.05) is 30.7 Å². The Labute approximate surface area is 135 Å². The predicted octanol–water partition coefficient (Wildman–Crippen LogP) is 2.00. The molecule has 0 radical (unpaired) electrons. The fourth-order valence-electron chi connectivity index (χ4n) is 4.64. The van der Waals surface area contributed by atoms with E-state index in [4.69, 9.17) is 0 Å². The first-order chi connectivity index (χ1) is 11.3. The van der Waals surface area contributed by atoms with Crippen molar-refractivity contribution >= 4 is 5.91 Å². The summed E-state index contributed by atoms with van der Waals surface area (Å²) in [6.45, 7) is 3.30. The lowest BCUT2D eigenvalue weighted by atomic mass is 9.93. The highest BCUT2D eigenvalue weighted by atomic mass is 16.2. The van der Waals surface area contributed by atoms with E-state index in [0.717, 1.165) is 24.3 Å². The Morgan fingerprint density at radius 1 is 1.22 bits per heavy atom. The summed E-state index contributed by atoms with van der Waals surface area (Å²) in [5.41, 5.74) is 2.49. The van der Waals surface area contributed by atoms with Crippen LogP contribution in [0.5, 0.6) is 0 Å².